The quantitative estimate of drug-likeness (QED) is 0.329. The second-order valence-electron chi connectivity index (χ2n) is 9.17. The topological polar surface area (TPSA) is 121 Å². The van der Waals surface area contributed by atoms with Crippen LogP contribution in [0.2, 0.25) is 0 Å². The van der Waals surface area contributed by atoms with E-state index in [1.807, 2.05) is 66.9 Å². The number of aryl methyl sites for hydroxylation is 1. The molecule has 1 saturated heterocycles. The van der Waals surface area contributed by atoms with Crippen molar-refractivity contribution in [3.63, 3.8) is 0 Å². The number of likely N-dealkylation sites (tertiary alicyclic amines) is 1. The fraction of sp³-hybridized carbons (Fsp3) is 0.333. The van der Waals surface area contributed by atoms with Crippen LogP contribution >= 0.6 is 11.3 Å². The maximum Gasteiger partial charge on any atom is 0.255 e. The van der Waals surface area contributed by atoms with Crippen LogP contribution in [0.25, 0.3) is 11.0 Å². The standard InChI is InChI=1S/C27H29N5O4S/c1-17-29-20-10-5-6-11-22(20)32(17)15-19-16-37-23(30-19)14-28-26(35)24(33)25(34)27(36)31-13-7-12-21(31)18-8-3-2-4-9-18/h2-6,8-11,16,21,24-25,33-34H,7,12-15H2,1H3,(H,28,35). The summed E-state index contributed by atoms with van der Waals surface area (Å²) in [6.45, 7) is 3.05. The highest BCUT2D eigenvalue weighted by Gasteiger charge is 2.38. The van der Waals surface area contributed by atoms with Crippen LogP contribution in [0.15, 0.2) is 60.0 Å². The van der Waals surface area contributed by atoms with Gasteiger partial charge in [0.2, 0.25) is 0 Å². The van der Waals surface area contributed by atoms with Crippen LogP contribution in [0.3, 0.4) is 0 Å². The number of nitrogens with one attached hydrogen (secondary N) is 1. The van der Waals surface area contributed by atoms with Crippen molar-refractivity contribution in [2.24, 2.45) is 0 Å². The van der Waals surface area contributed by atoms with Gasteiger partial charge in [-0.05, 0) is 37.5 Å². The number of para-hydroxylation sites is 2. The van der Waals surface area contributed by atoms with Crippen LogP contribution in [0, 0.1) is 6.92 Å². The van der Waals surface area contributed by atoms with Crippen LogP contribution in [-0.2, 0) is 22.7 Å². The molecule has 1 aliphatic heterocycles. The predicted molar refractivity (Wildman–Crippen MR) is 140 cm³/mol. The third kappa shape index (κ3) is 5.27. The summed E-state index contributed by atoms with van der Waals surface area (Å²) in [5, 5.41) is 26.1. The van der Waals surface area contributed by atoms with Gasteiger partial charge in [-0.15, -0.1) is 11.3 Å². The zero-order chi connectivity index (χ0) is 25.9. The second kappa shape index (κ2) is 10.8. The highest BCUT2D eigenvalue weighted by atomic mass is 32.1. The van der Waals surface area contributed by atoms with Gasteiger partial charge in [-0.25, -0.2) is 9.97 Å². The number of imidazole rings is 1. The monoisotopic (exact) mass is 519 g/mol. The molecule has 1 fully saturated rings. The number of fused-ring (bicyclic) bond motifs is 1. The molecule has 0 saturated carbocycles. The van der Waals surface area contributed by atoms with E-state index >= 15 is 0 Å². The molecule has 5 rings (SSSR count). The third-order valence-corrected chi connectivity index (χ3v) is 7.62. The van der Waals surface area contributed by atoms with Gasteiger partial charge in [-0.2, -0.15) is 0 Å². The molecule has 0 radical (unpaired) electrons. The Balaban J connectivity index is 1.17. The molecule has 3 N–H and O–H groups in total. The Morgan fingerprint density at radius 3 is 2.65 bits per heavy atom. The van der Waals surface area contributed by atoms with Crippen molar-refractivity contribution in [2.75, 3.05) is 6.54 Å². The lowest BCUT2D eigenvalue weighted by molar-refractivity contribution is -0.153. The van der Waals surface area contributed by atoms with Crippen molar-refractivity contribution in [1.29, 1.82) is 0 Å². The minimum Gasteiger partial charge on any atom is -0.380 e. The molecule has 3 atom stereocenters. The smallest absolute Gasteiger partial charge is 0.255 e. The Bertz CT molecular complexity index is 1400. The van der Waals surface area contributed by atoms with Crippen molar-refractivity contribution in [2.45, 2.75) is 51.1 Å². The van der Waals surface area contributed by atoms with Gasteiger partial charge in [-0.1, -0.05) is 42.5 Å². The minimum atomic E-state index is -1.87. The lowest BCUT2D eigenvalue weighted by atomic mass is 10.0. The maximum atomic E-state index is 12.9. The Hall–Kier alpha value is -3.60. The Morgan fingerprint density at radius 2 is 1.84 bits per heavy atom. The van der Waals surface area contributed by atoms with E-state index in [2.05, 4.69) is 19.9 Å². The molecule has 2 aromatic heterocycles. The van der Waals surface area contributed by atoms with Gasteiger partial charge in [0.15, 0.2) is 12.2 Å². The van der Waals surface area contributed by atoms with Crippen molar-refractivity contribution in [3.05, 3.63) is 82.1 Å². The molecule has 9 nitrogen and oxygen atoms in total. The summed E-state index contributed by atoms with van der Waals surface area (Å²) in [5.74, 6) is -0.573. The number of nitrogens with zero attached hydrogens (tertiary/aromatic N) is 4. The summed E-state index contributed by atoms with van der Waals surface area (Å²) in [6, 6.07) is 17.3. The summed E-state index contributed by atoms with van der Waals surface area (Å²) in [6.07, 6.45) is -2.15. The first-order valence-corrected chi connectivity index (χ1v) is 13.1. The first kappa shape index (κ1) is 25.1. The van der Waals surface area contributed by atoms with E-state index in [1.54, 1.807) is 4.90 Å². The van der Waals surface area contributed by atoms with E-state index in [-0.39, 0.29) is 12.6 Å². The first-order valence-electron chi connectivity index (χ1n) is 12.3. The number of aliphatic hydroxyl groups is 2. The lowest BCUT2D eigenvalue weighted by Crippen LogP contribution is -2.50. The average Bonchev–Trinajstić information content (AvgIpc) is 3.66. The summed E-state index contributed by atoms with van der Waals surface area (Å²) in [7, 11) is 0. The number of aliphatic hydroxyl groups excluding tert-OH is 2. The molecule has 37 heavy (non-hydrogen) atoms. The number of amides is 2. The van der Waals surface area contributed by atoms with E-state index in [1.165, 1.54) is 11.3 Å². The second-order valence-corrected chi connectivity index (χ2v) is 10.1. The summed E-state index contributed by atoms with van der Waals surface area (Å²) in [5.41, 5.74) is 3.75. The molecule has 0 spiro atoms. The molecule has 10 heteroatoms. The molecular formula is C27H29N5O4S. The molecule has 3 unspecified atom stereocenters. The lowest BCUT2D eigenvalue weighted by Gasteiger charge is -2.28. The van der Waals surface area contributed by atoms with Gasteiger partial charge in [0.1, 0.15) is 10.8 Å². The number of thiazole rings is 1. The van der Waals surface area contributed by atoms with Gasteiger partial charge in [0.25, 0.3) is 11.8 Å². The van der Waals surface area contributed by atoms with E-state index < -0.39 is 24.0 Å². The molecule has 1 aliphatic rings. The zero-order valence-electron chi connectivity index (χ0n) is 20.4. The van der Waals surface area contributed by atoms with E-state index in [0.29, 0.717) is 18.1 Å². The molecule has 0 bridgehead atoms. The van der Waals surface area contributed by atoms with Gasteiger partial charge in [-0.3, -0.25) is 9.59 Å². The van der Waals surface area contributed by atoms with Gasteiger partial charge >= 0.3 is 0 Å². The third-order valence-electron chi connectivity index (χ3n) is 6.72. The molecule has 0 aliphatic carbocycles. The first-order chi connectivity index (χ1) is 17.9. The molecule has 3 heterocycles. The molecule has 2 aromatic carbocycles. The SMILES string of the molecule is Cc1nc2ccccc2n1Cc1csc(CNC(=O)C(O)C(O)C(=O)N2CCCC2c2ccccc2)n1. The summed E-state index contributed by atoms with van der Waals surface area (Å²) in [4.78, 5) is 36.2. The van der Waals surface area contributed by atoms with Crippen LogP contribution in [0.4, 0.5) is 0 Å². The Kier molecular flexibility index (Phi) is 7.31. The number of hydrogen-bond acceptors (Lipinski definition) is 7. The molecule has 192 valence electrons. The average molecular weight is 520 g/mol. The van der Waals surface area contributed by atoms with Crippen LogP contribution < -0.4 is 5.32 Å². The minimum absolute atomic E-state index is 0.0848. The highest BCUT2D eigenvalue weighted by Crippen LogP contribution is 2.32. The fourth-order valence-electron chi connectivity index (χ4n) is 4.83. The van der Waals surface area contributed by atoms with E-state index in [4.69, 9.17) is 0 Å². The van der Waals surface area contributed by atoms with Gasteiger partial charge in [0.05, 0.1) is 35.9 Å². The van der Waals surface area contributed by atoms with Gasteiger partial charge in [0, 0.05) is 11.9 Å². The van der Waals surface area contributed by atoms with Crippen LogP contribution in [-0.4, -0.2) is 60.2 Å². The van der Waals surface area contributed by atoms with Crippen molar-refractivity contribution in [1.82, 2.24) is 24.8 Å². The summed E-state index contributed by atoms with van der Waals surface area (Å²) < 4.78 is 2.08. The van der Waals surface area contributed by atoms with Crippen molar-refractivity contribution < 1.29 is 19.8 Å². The number of carbonyl (C=O) groups is 2. The number of carbonyl (C=O) groups excluding carboxylic acids is 2. The van der Waals surface area contributed by atoms with Gasteiger partial charge < -0.3 is 25.0 Å². The largest absolute Gasteiger partial charge is 0.380 e. The number of rotatable bonds is 8. The predicted octanol–water partition coefficient (Wildman–Crippen LogP) is 2.55. The summed E-state index contributed by atoms with van der Waals surface area (Å²) >= 11 is 1.39. The normalized spacial score (nSPS) is 17.2. The van der Waals surface area contributed by atoms with Crippen LogP contribution in [0.1, 0.15) is 41.0 Å². The Morgan fingerprint density at radius 1 is 1.08 bits per heavy atom. The number of benzene rings is 2. The maximum absolute atomic E-state index is 12.9. The molecule has 4 aromatic rings. The van der Waals surface area contributed by atoms with Crippen molar-refractivity contribution in [3.8, 4) is 0 Å². The number of aromatic nitrogens is 3. The zero-order valence-corrected chi connectivity index (χ0v) is 21.3. The highest BCUT2D eigenvalue weighted by molar-refractivity contribution is 7.09. The number of hydrogen-bond donors (Lipinski definition) is 3. The van der Waals surface area contributed by atoms with Crippen LogP contribution in [0.5, 0.6) is 0 Å². The fourth-order valence-corrected chi connectivity index (χ4v) is 5.55. The Labute approximate surface area is 218 Å². The van der Waals surface area contributed by atoms with Crippen molar-refractivity contribution >= 4 is 34.2 Å². The molecule has 2 amide bonds. The molecular weight excluding hydrogens is 490 g/mol. The van der Waals surface area contributed by atoms with E-state index in [9.17, 15) is 19.8 Å². The van der Waals surface area contributed by atoms with E-state index in [0.717, 1.165) is 41.0 Å².